The Labute approximate surface area is 604 Å². The van der Waals surface area contributed by atoms with E-state index in [0.717, 1.165) is 162 Å². The maximum atomic E-state index is 14.8. The van der Waals surface area contributed by atoms with Crippen molar-refractivity contribution in [2.75, 3.05) is 81.0 Å². The Balaban J connectivity index is 0.678. The van der Waals surface area contributed by atoms with Crippen LogP contribution >= 0.6 is 11.3 Å². The van der Waals surface area contributed by atoms with Crippen LogP contribution in [0.1, 0.15) is 186 Å². The number of primary amides is 1. The molecule has 7 heterocycles. The summed E-state index contributed by atoms with van der Waals surface area (Å²) in [4.78, 5) is 95.3. The molecule has 0 bridgehead atoms. The van der Waals surface area contributed by atoms with E-state index in [1.165, 1.54) is 23.0 Å². The standard InChI is InChI=1S/C76H99F3N16O7S/c1-48-66(103-47-84-48)53-21-17-50(18-22-53)43-83-71(99)62-40-57(96)46-94(62)72(100)67(74(2,3)4)89-73(101)93(36-13-12-32-91-37-29-52(30-38-91)51-23-25-55(26-24-51)85-69-65(68(80)97)82-44-64(88-69)92-33-9-7-10-34-92)35-11-8-31-81-42-49-19-27-56(28-20-49)95-45-54-39-61(58(75(5,6)102)41-60(54)90-95)87-70(98)59-15-14-16-63(86-59)76(77,78)79/h14-18,21-26,39,41,44-45,47,49,52,56-57,62,67,81,96,102H,7-13,19-20,27-38,40,42-43,46H2,1-6H3,(H2,80,97)(H,83,99)(H,85,88)(H,87,98)(H,89,101)/t49?,56?,57-,62+,67-/m1/s1. The summed E-state index contributed by atoms with van der Waals surface area (Å²) in [5, 5.41) is 43.6. The lowest BCUT2D eigenvalue weighted by Crippen LogP contribution is -2.59. The lowest BCUT2D eigenvalue weighted by molar-refractivity contribution is -0.142. The molecule has 552 valence electrons. The number of aromatic nitrogens is 6. The summed E-state index contributed by atoms with van der Waals surface area (Å²) < 4.78 is 42.3. The number of nitrogens with zero attached hydrogens (tertiary/aromatic N) is 10. The molecule has 23 nitrogen and oxygen atoms in total. The first-order valence-corrected chi connectivity index (χ1v) is 37.2. The molecule has 3 saturated heterocycles. The van der Waals surface area contributed by atoms with Crippen LogP contribution in [0, 0.1) is 18.3 Å². The number of rotatable bonds is 27. The average molecular weight is 1440 g/mol. The molecule has 1 aliphatic carbocycles. The van der Waals surface area contributed by atoms with Crippen LogP contribution in [0.15, 0.2) is 96.8 Å². The molecule has 3 aromatic carbocycles. The van der Waals surface area contributed by atoms with Gasteiger partial charge in [-0.15, -0.1) is 11.3 Å². The highest BCUT2D eigenvalue weighted by Gasteiger charge is 2.45. The molecule has 6 amide bonds. The molecule has 103 heavy (non-hydrogen) atoms. The maximum Gasteiger partial charge on any atom is 0.433 e. The first kappa shape index (κ1) is 75.5. The van der Waals surface area contributed by atoms with Gasteiger partial charge in [-0.05, 0) is 207 Å². The fourth-order valence-corrected chi connectivity index (χ4v) is 15.4. The van der Waals surface area contributed by atoms with Crippen LogP contribution in [-0.4, -0.2) is 168 Å². The number of carbonyl (C=O) groups excluding carboxylic acids is 5. The van der Waals surface area contributed by atoms with Gasteiger partial charge in [-0.2, -0.15) is 18.3 Å². The number of likely N-dealkylation sites (tertiary alicyclic amines) is 2. The minimum atomic E-state index is -4.73. The summed E-state index contributed by atoms with van der Waals surface area (Å²) in [6.45, 7) is 18.0. The van der Waals surface area contributed by atoms with E-state index in [1.54, 1.807) is 43.5 Å². The number of thiazole rings is 1. The summed E-state index contributed by atoms with van der Waals surface area (Å²) in [5.74, 6) is -0.403. The van der Waals surface area contributed by atoms with Crippen molar-refractivity contribution in [1.29, 1.82) is 0 Å². The number of anilines is 4. The number of aryl methyl sites for hydroxylation is 1. The summed E-state index contributed by atoms with van der Waals surface area (Å²) in [6, 6.07) is 20.6. The van der Waals surface area contributed by atoms with Crippen LogP contribution in [0.2, 0.25) is 0 Å². The highest BCUT2D eigenvalue weighted by molar-refractivity contribution is 7.13. The fraction of sp³-hybridized carbons (Fsp3) is 0.526. The van der Waals surface area contributed by atoms with Crippen molar-refractivity contribution in [3.8, 4) is 10.4 Å². The summed E-state index contributed by atoms with van der Waals surface area (Å²) in [5.41, 5.74) is 9.97. The number of nitrogens with two attached hydrogens (primary N) is 1. The summed E-state index contributed by atoms with van der Waals surface area (Å²) in [7, 11) is 0. The number of aliphatic hydroxyl groups is 2. The number of nitrogens with one attached hydrogen (secondary N) is 5. The number of aliphatic hydroxyl groups excluding tert-OH is 1. The van der Waals surface area contributed by atoms with E-state index >= 15 is 0 Å². The molecule has 27 heteroatoms. The number of carbonyl (C=O) groups is 5. The fourth-order valence-electron chi connectivity index (χ4n) is 14.6. The van der Waals surface area contributed by atoms with Crippen LogP contribution < -0.4 is 37.2 Å². The number of halogens is 3. The first-order valence-electron chi connectivity index (χ1n) is 36.4. The number of benzene rings is 3. The zero-order chi connectivity index (χ0) is 73.2. The van der Waals surface area contributed by atoms with Crippen LogP contribution in [0.4, 0.5) is 41.0 Å². The van der Waals surface area contributed by atoms with Gasteiger partial charge in [0.15, 0.2) is 11.5 Å². The maximum absolute atomic E-state index is 14.8. The van der Waals surface area contributed by atoms with E-state index in [2.05, 4.69) is 63.5 Å². The van der Waals surface area contributed by atoms with Crippen molar-refractivity contribution in [2.24, 2.45) is 17.1 Å². The van der Waals surface area contributed by atoms with E-state index in [9.17, 15) is 47.4 Å². The number of hydrogen-bond donors (Lipinski definition) is 8. The van der Waals surface area contributed by atoms with Gasteiger partial charge in [0.2, 0.25) is 11.8 Å². The Kier molecular flexibility index (Phi) is 24.5. The number of pyridine rings is 1. The number of amides is 6. The third-order valence-corrected chi connectivity index (χ3v) is 21.5. The van der Waals surface area contributed by atoms with Gasteiger partial charge >= 0.3 is 12.2 Å². The number of hydrogen-bond acceptors (Lipinski definition) is 17. The molecule has 0 radical (unpaired) electrons. The molecule has 0 unspecified atom stereocenters. The Morgan fingerprint density at radius 2 is 1.54 bits per heavy atom. The SMILES string of the molecule is Cc1ncsc1-c1ccc(CNC(=O)[C@@H]2C[C@@H](O)CN2C(=O)[C@@H](NC(=O)N(CCCCNCC2CCC(n3cc4cc(NC(=O)c5cccc(C(F)(F)F)n5)c(C(C)(C)O)cc4n3)CC2)CCCCN2CCC(c3ccc(Nc4nc(N5CCCCC5)cnc4C(N)=O)cc3)CC2)C(C)(C)C)cc1. The molecule has 4 fully saturated rings. The molecular weight excluding hydrogens is 1340 g/mol. The smallest absolute Gasteiger partial charge is 0.391 e. The first-order chi connectivity index (χ1) is 49.2. The number of unbranched alkanes of at least 4 members (excludes halogenated alkanes) is 2. The van der Waals surface area contributed by atoms with Crippen molar-refractivity contribution in [1.82, 2.24) is 60.4 Å². The molecule has 0 spiro atoms. The van der Waals surface area contributed by atoms with Crippen molar-refractivity contribution in [3.63, 3.8) is 0 Å². The van der Waals surface area contributed by atoms with Gasteiger partial charge in [0.1, 0.15) is 29.3 Å². The largest absolute Gasteiger partial charge is 0.433 e. The Morgan fingerprint density at radius 3 is 2.21 bits per heavy atom. The Bertz CT molecular complexity index is 4060. The van der Waals surface area contributed by atoms with Gasteiger partial charge < -0.3 is 62.1 Å². The lowest BCUT2D eigenvalue weighted by Gasteiger charge is -2.37. The van der Waals surface area contributed by atoms with Crippen molar-refractivity contribution in [3.05, 3.63) is 136 Å². The van der Waals surface area contributed by atoms with E-state index in [1.807, 2.05) is 85.4 Å². The number of piperidine rings is 2. The van der Waals surface area contributed by atoms with Gasteiger partial charge in [0, 0.05) is 74.2 Å². The highest BCUT2D eigenvalue weighted by Crippen LogP contribution is 2.38. The lowest BCUT2D eigenvalue weighted by atomic mass is 9.85. The van der Waals surface area contributed by atoms with Gasteiger partial charge in [-0.1, -0.05) is 63.2 Å². The molecule has 11 rings (SSSR count). The highest BCUT2D eigenvalue weighted by atomic mass is 32.1. The predicted octanol–water partition coefficient (Wildman–Crippen LogP) is 11.4. The predicted molar refractivity (Wildman–Crippen MR) is 393 cm³/mol. The zero-order valence-electron chi connectivity index (χ0n) is 59.9. The third-order valence-electron chi connectivity index (χ3n) is 20.5. The van der Waals surface area contributed by atoms with Gasteiger partial charge in [0.05, 0.1) is 45.5 Å². The molecule has 1 saturated carbocycles. The number of alkyl halides is 3. The van der Waals surface area contributed by atoms with Crippen molar-refractivity contribution < 1.29 is 47.4 Å². The van der Waals surface area contributed by atoms with Gasteiger partial charge in [-0.25, -0.2) is 24.7 Å². The van der Waals surface area contributed by atoms with Crippen LogP contribution in [0.3, 0.4) is 0 Å². The Hall–Kier alpha value is -8.63. The zero-order valence-corrected chi connectivity index (χ0v) is 60.7. The number of fused-ring (bicyclic) bond motifs is 1. The molecule has 3 atom stereocenters. The quantitative estimate of drug-likeness (QED) is 0.0222. The van der Waals surface area contributed by atoms with Gasteiger partial charge in [-0.3, -0.25) is 23.9 Å². The average Bonchev–Trinajstić information content (AvgIpc) is 1.69. The molecular formula is C76H99F3N16O7S. The number of urea groups is 1. The summed E-state index contributed by atoms with van der Waals surface area (Å²) >= 11 is 1.57. The van der Waals surface area contributed by atoms with Crippen molar-refractivity contribution >= 4 is 74.9 Å². The molecule has 3 aliphatic heterocycles. The minimum absolute atomic E-state index is 0.0384. The van der Waals surface area contributed by atoms with E-state index in [0.29, 0.717) is 53.6 Å². The second kappa shape index (κ2) is 33.4. The third kappa shape index (κ3) is 19.6. The minimum Gasteiger partial charge on any atom is -0.391 e. The van der Waals surface area contributed by atoms with E-state index < -0.39 is 64.5 Å². The topological polar surface area (TPSA) is 294 Å². The van der Waals surface area contributed by atoms with E-state index in [-0.39, 0.29) is 48.9 Å². The summed E-state index contributed by atoms with van der Waals surface area (Å²) in [6.07, 6.45) is 10.1. The van der Waals surface area contributed by atoms with Crippen LogP contribution in [0.5, 0.6) is 0 Å². The monoisotopic (exact) mass is 1440 g/mol. The molecule has 9 N–H and O–H groups in total. The van der Waals surface area contributed by atoms with Crippen LogP contribution in [-0.2, 0) is 27.9 Å². The Morgan fingerprint density at radius 1 is 0.825 bits per heavy atom. The normalized spacial score (nSPS) is 18.9. The van der Waals surface area contributed by atoms with E-state index in [4.69, 9.17) is 15.8 Å². The number of β-amino-alcohol motifs (C(OH)–C–C–N with tert-alkyl or cyclic N) is 1. The molecule has 4 aliphatic rings. The van der Waals surface area contributed by atoms with Crippen molar-refractivity contribution in [2.45, 2.75) is 180 Å². The van der Waals surface area contributed by atoms with Crippen LogP contribution in [0.25, 0.3) is 21.3 Å². The molecule has 4 aromatic heterocycles. The van der Waals surface area contributed by atoms with Gasteiger partial charge in [0.25, 0.3) is 11.8 Å². The molecule has 7 aromatic rings. The second-order valence-corrected chi connectivity index (χ2v) is 30.6. The second-order valence-electron chi connectivity index (χ2n) is 29.8.